The number of amides is 1. The van der Waals surface area contributed by atoms with Crippen LogP contribution in [0.15, 0.2) is 48.5 Å². The van der Waals surface area contributed by atoms with Gasteiger partial charge in [0.25, 0.3) is 0 Å². The number of hydrogen-bond acceptors (Lipinski definition) is 1. The fourth-order valence-electron chi connectivity index (χ4n) is 2.31. The SMILES string of the molecule is CCc1cccc(CC)c1NC(=O)C=Cc1ccc(Cl)cc1. The quantitative estimate of drug-likeness (QED) is 0.763. The second-order valence-electron chi connectivity index (χ2n) is 5.03. The van der Waals surface area contributed by atoms with Crippen LogP contribution >= 0.6 is 11.6 Å². The zero-order valence-corrected chi connectivity index (χ0v) is 13.7. The first-order valence-electron chi connectivity index (χ1n) is 7.49. The predicted octanol–water partition coefficient (Wildman–Crippen LogP) is 5.12. The van der Waals surface area contributed by atoms with Crippen LogP contribution in [0.1, 0.15) is 30.5 Å². The Hall–Kier alpha value is -2.06. The highest BCUT2D eigenvalue weighted by Crippen LogP contribution is 2.22. The monoisotopic (exact) mass is 313 g/mol. The van der Waals surface area contributed by atoms with Gasteiger partial charge in [0, 0.05) is 16.8 Å². The Labute approximate surface area is 136 Å². The van der Waals surface area contributed by atoms with Crippen molar-refractivity contribution in [2.75, 3.05) is 5.32 Å². The van der Waals surface area contributed by atoms with E-state index in [4.69, 9.17) is 11.6 Å². The van der Waals surface area contributed by atoms with Crippen LogP contribution in [0.5, 0.6) is 0 Å². The van der Waals surface area contributed by atoms with E-state index in [0.29, 0.717) is 5.02 Å². The summed E-state index contributed by atoms with van der Waals surface area (Å²) in [7, 11) is 0. The highest BCUT2D eigenvalue weighted by atomic mass is 35.5. The number of carbonyl (C=O) groups is 1. The fraction of sp³-hybridized carbons (Fsp3) is 0.211. The third-order valence-corrected chi connectivity index (χ3v) is 3.80. The Balaban J connectivity index is 2.13. The second kappa shape index (κ2) is 7.81. The zero-order chi connectivity index (χ0) is 15.9. The van der Waals surface area contributed by atoms with Gasteiger partial charge in [0.15, 0.2) is 0 Å². The van der Waals surface area contributed by atoms with Crippen molar-refractivity contribution in [1.82, 2.24) is 0 Å². The normalized spacial score (nSPS) is 10.9. The number of aryl methyl sites for hydroxylation is 2. The number of halogens is 1. The molecular weight excluding hydrogens is 294 g/mol. The number of carbonyl (C=O) groups excluding carboxylic acids is 1. The Morgan fingerprint density at radius 2 is 1.64 bits per heavy atom. The maximum absolute atomic E-state index is 12.2. The third kappa shape index (κ3) is 4.22. The van der Waals surface area contributed by atoms with Gasteiger partial charge in [-0.05, 0) is 47.7 Å². The van der Waals surface area contributed by atoms with Crippen LogP contribution < -0.4 is 5.32 Å². The van der Waals surface area contributed by atoms with Crippen LogP contribution in [-0.2, 0) is 17.6 Å². The minimum absolute atomic E-state index is 0.120. The van der Waals surface area contributed by atoms with Gasteiger partial charge in [-0.3, -0.25) is 4.79 Å². The molecule has 0 saturated heterocycles. The van der Waals surface area contributed by atoms with Crippen molar-refractivity contribution in [3.8, 4) is 0 Å². The smallest absolute Gasteiger partial charge is 0.248 e. The molecule has 0 atom stereocenters. The summed E-state index contributed by atoms with van der Waals surface area (Å²) in [5.74, 6) is -0.120. The summed E-state index contributed by atoms with van der Waals surface area (Å²) in [4.78, 5) is 12.2. The van der Waals surface area contributed by atoms with E-state index in [1.165, 1.54) is 0 Å². The molecule has 0 saturated carbocycles. The number of hydrogen-bond donors (Lipinski definition) is 1. The standard InChI is InChI=1S/C19H20ClNO/c1-3-15-6-5-7-16(4-2)19(15)21-18(22)13-10-14-8-11-17(20)12-9-14/h5-13H,3-4H2,1-2H3,(H,21,22). The number of nitrogens with one attached hydrogen (secondary N) is 1. The Bertz CT molecular complexity index is 652. The van der Waals surface area contributed by atoms with Gasteiger partial charge >= 0.3 is 0 Å². The molecule has 2 aromatic carbocycles. The fourth-order valence-corrected chi connectivity index (χ4v) is 2.44. The first-order chi connectivity index (χ1) is 10.6. The molecule has 0 spiro atoms. The van der Waals surface area contributed by atoms with Crippen molar-refractivity contribution in [2.45, 2.75) is 26.7 Å². The van der Waals surface area contributed by atoms with E-state index < -0.39 is 0 Å². The van der Waals surface area contributed by atoms with Crippen LogP contribution in [0.3, 0.4) is 0 Å². The van der Waals surface area contributed by atoms with Gasteiger partial charge in [0.2, 0.25) is 5.91 Å². The van der Waals surface area contributed by atoms with Gasteiger partial charge in [0.05, 0.1) is 0 Å². The van der Waals surface area contributed by atoms with E-state index in [9.17, 15) is 4.79 Å². The lowest BCUT2D eigenvalue weighted by Gasteiger charge is -2.13. The van der Waals surface area contributed by atoms with E-state index in [0.717, 1.165) is 35.2 Å². The maximum Gasteiger partial charge on any atom is 0.248 e. The first-order valence-corrected chi connectivity index (χ1v) is 7.87. The minimum atomic E-state index is -0.120. The molecule has 0 aromatic heterocycles. The molecule has 0 aliphatic carbocycles. The van der Waals surface area contributed by atoms with E-state index in [1.54, 1.807) is 24.3 Å². The van der Waals surface area contributed by atoms with Crippen molar-refractivity contribution in [1.29, 1.82) is 0 Å². The average Bonchev–Trinajstić information content (AvgIpc) is 2.54. The van der Waals surface area contributed by atoms with Crippen LogP contribution in [-0.4, -0.2) is 5.91 Å². The van der Waals surface area contributed by atoms with Crippen molar-refractivity contribution >= 4 is 29.3 Å². The molecule has 0 aliphatic rings. The van der Waals surface area contributed by atoms with Crippen molar-refractivity contribution in [3.05, 3.63) is 70.3 Å². The topological polar surface area (TPSA) is 29.1 Å². The molecule has 1 amide bonds. The number of para-hydroxylation sites is 1. The molecule has 0 radical (unpaired) electrons. The third-order valence-electron chi connectivity index (χ3n) is 3.54. The summed E-state index contributed by atoms with van der Waals surface area (Å²) in [6.07, 6.45) is 5.12. The van der Waals surface area contributed by atoms with E-state index in [2.05, 4.69) is 31.3 Å². The van der Waals surface area contributed by atoms with Crippen molar-refractivity contribution < 1.29 is 4.79 Å². The number of benzene rings is 2. The van der Waals surface area contributed by atoms with Crippen LogP contribution in [0.4, 0.5) is 5.69 Å². The molecule has 114 valence electrons. The van der Waals surface area contributed by atoms with Gasteiger partial charge in [-0.1, -0.05) is 55.8 Å². The molecule has 22 heavy (non-hydrogen) atoms. The zero-order valence-electron chi connectivity index (χ0n) is 12.9. The van der Waals surface area contributed by atoms with E-state index >= 15 is 0 Å². The molecule has 0 fully saturated rings. The first kappa shape index (κ1) is 16.3. The van der Waals surface area contributed by atoms with Crippen molar-refractivity contribution in [2.24, 2.45) is 0 Å². The molecule has 1 N–H and O–H groups in total. The highest BCUT2D eigenvalue weighted by Gasteiger charge is 2.08. The van der Waals surface area contributed by atoms with Gasteiger partial charge in [-0.2, -0.15) is 0 Å². The Morgan fingerprint density at radius 3 is 2.18 bits per heavy atom. The molecule has 0 heterocycles. The van der Waals surface area contributed by atoms with E-state index in [1.807, 2.05) is 18.2 Å². The van der Waals surface area contributed by atoms with Gasteiger partial charge in [0.1, 0.15) is 0 Å². The van der Waals surface area contributed by atoms with E-state index in [-0.39, 0.29) is 5.91 Å². The predicted molar refractivity (Wildman–Crippen MR) is 94.3 cm³/mol. The largest absolute Gasteiger partial charge is 0.322 e. The minimum Gasteiger partial charge on any atom is -0.322 e. The number of anilines is 1. The molecule has 2 aromatic rings. The molecule has 3 heteroatoms. The lowest BCUT2D eigenvalue weighted by molar-refractivity contribution is -0.111. The van der Waals surface area contributed by atoms with Gasteiger partial charge in [-0.15, -0.1) is 0 Å². The molecular formula is C19H20ClNO. The summed E-state index contributed by atoms with van der Waals surface area (Å²) in [5.41, 5.74) is 4.21. The lowest BCUT2D eigenvalue weighted by atomic mass is 10.0. The summed E-state index contributed by atoms with van der Waals surface area (Å²) in [5, 5.41) is 3.70. The summed E-state index contributed by atoms with van der Waals surface area (Å²) >= 11 is 5.85. The van der Waals surface area contributed by atoms with Gasteiger partial charge < -0.3 is 5.32 Å². The summed E-state index contributed by atoms with van der Waals surface area (Å²) in [6.45, 7) is 4.18. The lowest BCUT2D eigenvalue weighted by Crippen LogP contribution is -2.11. The van der Waals surface area contributed by atoms with Gasteiger partial charge in [-0.25, -0.2) is 0 Å². The molecule has 0 bridgehead atoms. The summed E-state index contributed by atoms with van der Waals surface area (Å²) in [6, 6.07) is 13.5. The molecule has 0 aliphatic heterocycles. The van der Waals surface area contributed by atoms with Crippen molar-refractivity contribution in [3.63, 3.8) is 0 Å². The number of rotatable bonds is 5. The maximum atomic E-state index is 12.2. The highest BCUT2D eigenvalue weighted by molar-refractivity contribution is 6.30. The average molecular weight is 314 g/mol. The summed E-state index contributed by atoms with van der Waals surface area (Å²) < 4.78 is 0. The second-order valence-corrected chi connectivity index (χ2v) is 5.47. The Morgan fingerprint density at radius 1 is 1.05 bits per heavy atom. The molecule has 0 unspecified atom stereocenters. The molecule has 2 rings (SSSR count). The Kier molecular flexibility index (Phi) is 5.79. The van der Waals surface area contributed by atoms with Crippen LogP contribution in [0, 0.1) is 0 Å². The van der Waals surface area contributed by atoms with Crippen LogP contribution in [0.2, 0.25) is 5.02 Å². The molecule has 2 nitrogen and oxygen atoms in total. The van der Waals surface area contributed by atoms with Crippen LogP contribution in [0.25, 0.3) is 6.08 Å².